The lowest BCUT2D eigenvalue weighted by Crippen LogP contribution is -2.31. The number of hydrogen-bond acceptors (Lipinski definition) is 2. The molecule has 0 aliphatic heterocycles. The van der Waals surface area contributed by atoms with Crippen LogP contribution in [-0.2, 0) is 11.2 Å². The Bertz CT molecular complexity index is 374. The largest absolute Gasteiger partial charge is 0.327 e. The van der Waals surface area contributed by atoms with Crippen LogP contribution in [0, 0.1) is 5.92 Å². The van der Waals surface area contributed by atoms with E-state index in [0.717, 1.165) is 17.7 Å². The van der Waals surface area contributed by atoms with Crippen molar-refractivity contribution < 1.29 is 4.79 Å². The van der Waals surface area contributed by atoms with Crippen molar-refractivity contribution >= 4 is 11.6 Å². The van der Waals surface area contributed by atoms with Crippen LogP contribution >= 0.6 is 0 Å². The number of para-hydroxylation sites is 1. The second-order valence-electron chi connectivity index (χ2n) is 4.67. The zero-order chi connectivity index (χ0) is 12.8. The molecule has 94 valence electrons. The number of nitrogens with two attached hydrogens (primary N) is 1. The maximum absolute atomic E-state index is 11.8. The number of anilines is 1. The summed E-state index contributed by atoms with van der Waals surface area (Å²) in [6, 6.07) is 7.78. The summed E-state index contributed by atoms with van der Waals surface area (Å²) in [5.41, 5.74) is 7.93. The molecule has 0 radical (unpaired) electrons. The van der Waals surface area contributed by atoms with Gasteiger partial charge in [-0.05, 0) is 24.0 Å². The Morgan fingerprint density at radius 2 is 2.00 bits per heavy atom. The van der Waals surface area contributed by atoms with Crippen LogP contribution in [0.1, 0.15) is 32.8 Å². The summed E-state index contributed by atoms with van der Waals surface area (Å²) in [6.07, 6.45) is 1.28. The van der Waals surface area contributed by atoms with Crippen LogP contribution < -0.4 is 11.1 Å². The SMILES string of the molecule is CCc1ccccc1NC(=O)CC(N)C(C)C. The fourth-order valence-corrected chi connectivity index (χ4v) is 1.60. The Morgan fingerprint density at radius 1 is 1.35 bits per heavy atom. The van der Waals surface area contributed by atoms with Crippen molar-refractivity contribution in [1.82, 2.24) is 0 Å². The monoisotopic (exact) mass is 234 g/mol. The zero-order valence-electron chi connectivity index (χ0n) is 10.9. The van der Waals surface area contributed by atoms with Gasteiger partial charge in [-0.25, -0.2) is 0 Å². The maximum Gasteiger partial charge on any atom is 0.225 e. The standard InChI is InChI=1S/C14H22N2O/c1-4-11-7-5-6-8-13(11)16-14(17)9-12(15)10(2)3/h5-8,10,12H,4,9,15H2,1-3H3,(H,16,17). The molecule has 1 unspecified atom stereocenters. The highest BCUT2D eigenvalue weighted by Crippen LogP contribution is 2.16. The number of carbonyl (C=O) groups is 1. The van der Waals surface area contributed by atoms with E-state index in [2.05, 4.69) is 12.2 Å². The van der Waals surface area contributed by atoms with Crippen LogP contribution in [0.15, 0.2) is 24.3 Å². The van der Waals surface area contributed by atoms with Gasteiger partial charge in [0.15, 0.2) is 0 Å². The summed E-state index contributed by atoms with van der Waals surface area (Å²) in [5.74, 6) is 0.314. The second-order valence-corrected chi connectivity index (χ2v) is 4.67. The van der Waals surface area contributed by atoms with Crippen molar-refractivity contribution in [3.8, 4) is 0 Å². The molecule has 1 atom stereocenters. The van der Waals surface area contributed by atoms with Gasteiger partial charge in [0.1, 0.15) is 0 Å². The number of nitrogens with one attached hydrogen (secondary N) is 1. The molecular formula is C14H22N2O. The van der Waals surface area contributed by atoms with E-state index >= 15 is 0 Å². The highest BCUT2D eigenvalue weighted by molar-refractivity contribution is 5.91. The lowest BCUT2D eigenvalue weighted by Gasteiger charge is -2.16. The number of rotatable bonds is 5. The van der Waals surface area contributed by atoms with Gasteiger partial charge in [0.25, 0.3) is 0 Å². The Morgan fingerprint density at radius 3 is 2.59 bits per heavy atom. The first-order chi connectivity index (χ1) is 8.04. The molecule has 1 rings (SSSR count). The Kier molecular flexibility index (Phi) is 5.16. The van der Waals surface area contributed by atoms with Crippen LogP contribution in [0.3, 0.4) is 0 Å². The first-order valence-corrected chi connectivity index (χ1v) is 6.18. The molecule has 0 saturated heterocycles. The fourth-order valence-electron chi connectivity index (χ4n) is 1.60. The molecule has 0 heterocycles. The number of hydrogen-bond donors (Lipinski definition) is 2. The van der Waals surface area contributed by atoms with Crippen LogP contribution in [0.4, 0.5) is 5.69 Å². The molecule has 0 bridgehead atoms. The molecule has 0 spiro atoms. The van der Waals surface area contributed by atoms with Gasteiger partial charge in [-0.3, -0.25) is 4.79 Å². The number of aryl methyl sites for hydroxylation is 1. The third kappa shape index (κ3) is 4.19. The van der Waals surface area contributed by atoms with E-state index in [1.807, 2.05) is 38.1 Å². The minimum atomic E-state index is -0.0798. The van der Waals surface area contributed by atoms with Gasteiger partial charge < -0.3 is 11.1 Å². The van der Waals surface area contributed by atoms with Crippen LogP contribution in [0.2, 0.25) is 0 Å². The van der Waals surface area contributed by atoms with Crippen LogP contribution in [0.25, 0.3) is 0 Å². The molecule has 1 aromatic carbocycles. The van der Waals surface area contributed by atoms with Gasteiger partial charge >= 0.3 is 0 Å². The third-order valence-corrected chi connectivity index (χ3v) is 2.95. The molecule has 0 aliphatic carbocycles. The highest BCUT2D eigenvalue weighted by atomic mass is 16.1. The molecule has 3 heteroatoms. The summed E-state index contributed by atoms with van der Waals surface area (Å²) < 4.78 is 0. The van der Waals surface area contributed by atoms with E-state index in [1.54, 1.807) is 0 Å². The molecule has 0 aliphatic rings. The lowest BCUT2D eigenvalue weighted by atomic mass is 10.0. The predicted octanol–water partition coefficient (Wildman–Crippen LogP) is 2.56. The normalized spacial score (nSPS) is 12.5. The molecule has 1 amide bonds. The van der Waals surface area contributed by atoms with Gasteiger partial charge in [-0.1, -0.05) is 39.0 Å². The van der Waals surface area contributed by atoms with E-state index in [4.69, 9.17) is 5.73 Å². The Labute approximate surface area is 103 Å². The minimum absolute atomic E-state index is 0.00731. The fraction of sp³-hybridized carbons (Fsp3) is 0.500. The molecule has 0 aromatic heterocycles. The number of amides is 1. The zero-order valence-corrected chi connectivity index (χ0v) is 10.9. The molecular weight excluding hydrogens is 212 g/mol. The van der Waals surface area contributed by atoms with Gasteiger partial charge in [-0.15, -0.1) is 0 Å². The summed E-state index contributed by atoms with van der Waals surface area (Å²) >= 11 is 0. The first kappa shape index (κ1) is 13.7. The van der Waals surface area contributed by atoms with E-state index < -0.39 is 0 Å². The van der Waals surface area contributed by atoms with E-state index in [1.165, 1.54) is 0 Å². The van der Waals surface area contributed by atoms with Crippen molar-refractivity contribution in [1.29, 1.82) is 0 Å². The second kappa shape index (κ2) is 6.40. The van der Waals surface area contributed by atoms with E-state index in [-0.39, 0.29) is 11.9 Å². The molecule has 1 aromatic rings. The average Bonchev–Trinajstić information content (AvgIpc) is 2.29. The third-order valence-electron chi connectivity index (χ3n) is 2.95. The van der Waals surface area contributed by atoms with Crippen LogP contribution in [0.5, 0.6) is 0 Å². The van der Waals surface area contributed by atoms with Gasteiger partial charge in [0.05, 0.1) is 0 Å². The van der Waals surface area contributed by atoms with E-state index in [0.29, 0.717) is 12.3 Å². The smallest absolute Gasteiger partial charge is 0.225 e. The lowest BCUT2D eigenvalue weighted by molar-refractivity contribution is -0.116. The number of carbonyl (C=O) groups excluding carboxylic acids is 1. The predicted molar refractivity (Wildman–Crippen MR) is 71.9 cm³/mol. The molecule has 0 fully saturated rings. The van der Waals surface area contributed by atoms with Crippen molar-refractivity contribution in [3.63, 3.8) is 0 Å². The number of benzene rings is 1. The molecule has 0 saturated carbocycles. The summed E-state index contributed by atoms with van der Waals surface area (Å²) in [6.45, 7) is 6.13. The van der Waals surface area contributed by atoms with Crippen LogP contribution in [-0.4, -0.2) is 11.9 Å². The van der Waals surface area contributed by atoms with E-state index in [9.17, 15) is 4.79 Å². The van der Waals surface area contributed by atoms with Crippen molar-refractivity contribution in [2.75, 3.05) is 5.32 Å². The van der Waals surface area contributed by atoms with Crippen molar-refractivity contribution in [2.45, 2.75) is 39.7 Å². The van der Waals surface area contributed by atoms with Gasteiger partial charge in [0, 0.05) is 18.2 Å². The molecule has 3 nitrogen and oxygen atoms in total. The van der Waals surface area contributed by atoms with Crippen molar-refractivity contribution in [2.24, 2.45) is 11.7 Å². The maximum atomic E-state index is 11.8. The summed E-state index contributed by atoms with van der Waals surface area (Å²) in [5, 5.41) is 2.93. The summed E-state index contributed by atoms with van der Waals surface area (Å²) in [7, 11) is 0. The Balaban J connectivity index is 2.62. The quantitative estimate of drug-likeness (QED) is 0.822. The van der Waals surface area contributed by atoms with Gasteiger partial charge in [0.2, 0.25) is 5.91 Å². The topological polar surface area (TPSA) is 55.1 Å². The Hall–Kier alpha value is -1.35. The first-order valence-electron chi connectivity index (χ1n) is 6.18. The van der Waals surface area contributed by atoms with Crippen molar-refractivity contribution in [3.05, 3.63) is 29.8 Å². The van der Waals surface area contributed by atoms with Gasteiger partial charge in [-0.2, -0.15) is 0 Å². The molecule has 17 heavy (non-hydrogen) atoms. The molecule has 3 N–H and O–H groups in total. The minimum Gasteiger partial charge on any atom is -0.327 e. The highest BCUT2D eigenvalue weighted by Gasteiger charge is 2.13. The average molecular weight is 234 g/mol. The summed E-state index contributed by atoms with van der Waals surface area (Å²) in [4.78, 5) is 11.8.